The summed E-state index contributed by atoms with van der Waals surface area (Å²) < 4.78 is 0. The lowest BCUT2D eigenvalue weighted by Gasteiger charge is -1.95. The molecule has 0 bridgehead atoms. The summed E-state index contributed by atoms with van der Waals surface area (Å²) in [6.45, 7) is 0. The first-order valence-electron chi connectivity index (χ1n) is 2.76. The van der Waals surface area contributed by atoms with Gasteiger partial charge in [-0.3, -0.25) is 10.4 Å². The predicted octanol–water partition coefficient (Wildman–Crippen LogP) is 0.370. The van der Waals surface area contributed by atoms with Crippen LogP contribution in [0.1, 0.15) is 5.69 Å². The van der Waals surface area contributed by atoms with E-state index in [9.17, 15) is 0 Å². The van der Waals surface area contributed by atoms with Gasteiger partial charge in [-0.15, -0.1) is 12.4 Å². The van der Waals surface area contributed by atoms with Crippen LogP contribution in [0.15, 0.2) is 18.3 Å². The summed E-state index contributed by atoms with van der Waals surface area (Å²) in [6, 6.07) is 3.27. The molecule has 4 nitrogen and oxygen atoms in total. The minimum absolute atomic E-state index is 0. The summed E-state index contributed by atoms with van der Waals surface area (Å²) in [6.07, 6.45) is 1.47. The molecule has 0 spiro atoms. The average molecular weight is 173 g/mol. The van der Waals surface area contributed by atoms with Crippen LogP contribution in [-0.2, 0) is 0 Å². The van der Waals surface area contributed by atoms with Crippen molar-refractivity contribution in [2.24, 2.45) is 5.73 Å². The smallest absolute Gasteiger partial charge is 0.141 e. The Morgan fingerprint density at radius 1 is 1.45 bits per heavy atom. The summed E-state index contributed by atoms with van der Waals surface area (Å²) in [5, 5.41) is 6.98. The van der Waals surface area contributed by atoms with Gasteiger partial charge in [0.25, 0.3) is 0 Å². The van der Waals surface area contributed by atoms with Crippen LogP contribution in [0.25, 0.3) is 0 Å². The molecule has 0 saturated heterocycles. The SMILES string of the molecule is Cl.N=C(N)c1ccc(N)cn1. The van der Waals surface area contributed by atoms with Crippen LogP contribution in [0.4, 0.5) is 5.69 Å². The van der Waals surface area contributed by atoms with Crippen molar-refractivity contribution in [2.45, 2.75) is 0 Å². The summed E-state index contributed by atoms with van der Waals surface area (Å²) in [7, 11) is 0. The van der Waals surface area contributed by atoms with E-state index in [0.29, 0.717) is 11.4 Å². The zero-order chi connectivity index (χ0) is 7.56. The van der Waals surface area contributed by atoms with E-state index >= 15 is 0 Å². The van der Waals surface area contributed by atoms with Gasteiger partial charge in [-0.05, 0) is 12.1 Å². The fourth-order valence-corrected chi connectivity index (χ4v) is 0.565. The molecule has 0 radical (unpaired) electrons. The molecule has 1 heterocycles. The molecule has 1 rings (SSSR count). The second kappa shape index (κ2) is 3.78. The number of rotatable bonds is 1. The van der Waals surface area contributed by atoms with Gasteiger partial charge < -0.3 is 11.5 Å². The van der Waals surface area contributed by atoms with Gasteiger partial charge in [0.15, 0.2) is 0 Å². The molecule has 0 amide bonds. The number of nitrogens with zero attached hydrogens (tertiary/aromatic N) is 1. The third-order valence-corrected chi connectivity index (χ3v) is 1.06. The highest BCUT2D eigenvalue weighted by Crippen LogP contribution is 1.99. The maximum Gasteiger partial charge on any atom is 0.141 e. The molecule has 1 aromatic rings. The number of aromatic nitrogens is 1. The van der Waals surface area contributed by atoms with E-state index < -0.39 is 0 Å². The van der Waals surface area contributed by atoms with Crippen molar-refractivity contribution in [1.29, 1.82) is 5.41 Å². The van der Waals surface area contributed by atoms with Crippen molar-refractivity contribution in [3.63, 3.8) is 0 Å². The lowest BCUT2D eigenvalue weighted by molar-refractivity contribution is 1.26. The van der Waals surface area contributed by atoms with Gasteiger partial charge in [0.2, 0.25) is 0 Å². The highest BCUT2D eigenvalue weighted by Gasteiger charge is 1.94. The zero-order valence-electron chi connectivity index (χ0n) is 5.74. The molecule has 60 valence electrons. The van der Waals surface area contributed by atoms with Gasteiger partial charge in [-0.25, -0.2) is 0 Å². The largest absolute Gasteiger partial charge is 0.397 e. The van der Waals surface area contributed by atoms with Gasteiger partial charge in [0, 0.05) is 0 Å². The molecule has 0 aliphatic heterocycles. The minimum atomic E-state index is -0.0417. The first-order chi connectivity index (χ1) is 4.70. The molecule has 0 atom stereocenters. The Labute approximate surface area is 70.5 Å². The molecule has 0 fully saturated rings. The van der Waals surface area contributed by atoms with E-state index in [1.807, 2.05) is 0 Å². The van der Waals surface area contributed by atoms with Gasteiger partial charge in [-0.2, -0.15) is 0 Å². The number of nitrogen functional groups attached to an aromatic ring is 2. The maximum atomic E-state index is 6.98. The van der Waals surface area contributed by atoms with Crippen molar-refractivity contribution >= 4 is 23.9 Å². The van der Waals surface area contributed by atoms with E-state index in [1.165, 1.54) is 6.20 Å². The van der Waals surface area contributed by atoms with Crippen molar-refractivity contribution in [2.75, 3.05) is 5.73 Å². The molecule has 0 aliphatic rings. The average Bonchev–Trinajstić information content (AvgIpc) is 1.88. The van der Waals surface area contributed by atoms with Crippen molar-refractivity contribution in [3.8, 4) is 0 Å². The lowest BCUT2D eigenvalue weighted by atomic mass is 10.3. The van der Waals surface area contributed by atoms with E-state index in [1.54, 1.807) is 12.1 Å². The van der Waals surface area contributed by atoms with Crippen molar-refractivity contribution < 1.29 is 0 Å². The fourth-order valence-electron chi connectivity index (χ4n) is 0.565. The van der Waals surface area contributed by atoms with E-state index in [2.05, 4.69) is 4.98 Å². The Morgan fingerprint density at radius 2 is 2.09 bits per heavy atom. The second-order valence-corrected chi connectivity index (χ2v) is 1.89. The van der Waals surface area contributed by atoms with Crippen LogP contribution >= 0.6 is 12.4 Å². The number of nitrogens with one attached hydrogen (secondary N) is 1. The molecular formula is C6H9ClN4. The van der Waals surface area contributed by atoms with Crippen LogP contribution in [0.5, 0.6) is 0 Å². The van der Waals surface area contributed by atoms with E-state index in [-0.39, 0.29) is 18.2 Å². The first kappa shape index (κ1) is 9.71. The lowest BCUT2D eigenvalue weighted by Crippen LogP contribution is -2.12. The second-order valence-electron chi connectivity index (χ2n) is 1.89. The van der Waals surface area contributed by atoms with Crippen LogP contribution < -0.4 is 11.5 Å². The zero-order valence-corrected chi connectivity index (χ0v) is 6.56. The highest BCUT2D eigenvalue weighted by atomic mass is 35.5. The van der Waals surface area contributed by atoms with Crippen LogP contribution in [0, 0.1) is 5.41 Å². The number of hydrogen-bond acceptors (Lipinski definition) is 3. The van der Waals surface area contributed by atoms with Gasteiger partial charge in [-0.1, -0.05) is 0 Å². The Kier molecular flexibility index (Phi) is 3.33. The Morgan fingerprint density at radius 3 is 2.45 bits per heavy atom. The molecule has 0 aliphatic carbocycles. The summed E-state index contributed by atoms with van der Waals surface area (Å²) in [5.74, 6) is -0.0417. The van der Waals surface area contributed by atoms with Gasteiger partial charge in [0.1, 0.15) is 11.5 Å². The molecule has 1 aromatic heterocycles. The third-order valence-electron chi connectivity index (χ3n) is 1.06. The molecule has 11 heavy (non-hydrogen) atoms. The van der Waals surface area contributed by atoms with Crippen LogP contribution in [0.2, 0.25) is 0 Å². The maximum absolute atomic E-state index is 6.98. The summed E-state index contributed by atoms with van der Waals surface area (Å²) >= 11 is 0. The standard InChI is InChI=1S/C6H8N4.ClH/c7-4-1-2-5(6(8)9)10-3-4;/h1-3H,7H2,(H3,8,9);1H. The fraction of sp³-hybridized carbons (Fsp3) is 0. The Bertz CT molecular complexity index is 243. The first-order valence-corrected chi connectivity index (χ1v) is 2.76. The molecule has 0 aromatic carbocycles. The molecule has 0 unspecified atom stereocenters. The Balaban J connectivity index is 0.000001000. The molecule has 5 N–H and O–H groups in total. The molecule has 5 heteroatoms. The van der Waals surface area contributed by atoms with Crippen LogP contribution in [-0.4, -0.2) is 10.8 Å². The normalized spacial score (nSPS) is 8.36. The molecular weight excluding hydrogens is 164 g/mol. The number of nitrogens with two attached hydrogens (primary N) is 2. The predicted molar refractivity (Wildman–Crippen MR) is 46.9 cm³/mol. The third kappa shape index (κ3) is 2.43. The van der Waals surface area contributed by atoms with Crippen LogP contribution in [0.3, 0.4) is 0 Å². The van der Waals surface area contributed by atoms with Crippen molar-refractivity contribution in [1.82, 2.24) is 4.98 Å². The highest BCUT2D eigenvalue weighted by molar-refractivity contribution is 5.93. The quantitative estimate of drug-likeness (QED) is 0.422. The minimum Gasteiger partial charge on any atom is -0.397 e. The monoisotopic (exact) mass is 172 g/mol. The Hall–Kier alpha value is -1.29. The topological polar surface area (TPSA) is 88.8 Å². The summed E-state index contributed by atoms with van der Waals surface area (Å²) in [5.41, 5.74) is 11.5. The van der Waals surface area contributed by atoms with Gasteiger partial charge >= 0.3 is 0 Å². The van der Waals surface area contributed by atoms with Gasteiger partial charge in [0.05, 0.1) is 11.9 Å². The van der Waals surface area contributed by atoms with E-state index in [0.717, 1.165) is 0 Å². The number of pyridine rings is 1. The van der Waals surface area contributed by atoms with Crippen molar-refractivity contribution in [3.05, 3.63) is 24.0 Å². The molecule has 0 saturated carbocycles. The number of amidine groups is 1. The van der Waals surface area contributed by atoms with E-state index in [4.69, 9.17) is 16.9 Å². The summed E-state index contributed by atoms with van der Waals surface area (Å²) in [4.78, 5) is 3.80. The number of anilines is 1. The number of halogens is 1. The number of hydrogen-bond donors (Lipinski definition) is 3.